The number of unbranched alkanes of at least 4 members (excludes halogenated alkanes) is 3. The second kappa shape index (κ2) is 11.8. The molecule has 0 saturated carbocycles. The van der Waals surface area contributed by atoms with Crippen molar-refractivity contribution in [1.29, 1.82) is 0 Å². The molecule has 0 radical (unpaired) electrons. The zero-order chi connectivity index (χ0) is 15.3. The molecule has 0 aliphatic rings. The fraction of sp³-hybridized carbons (Fsp3) is 0.684. The van der Waals surface area contributed by atoms with Gasteiger partial charge in [-0.1, -0.05) is 63.8 Å². The van der Waals surface area contributed by atoms with Gasteiger partial charge in [-0.05, 0) is 37.4 Å². The normalized spacial score (nSPS) is 12.5. The average Bonchev–Trinajstić information content (AvgIpc) is 2.50. The third kappa shape index (κ3) is 8.90. The fourth-order valence-electron chi connectivity index (χ4n) is 2.42. The van der Waals surface area contributed by atoms with Crippen LogP contribution >= 0.6 is 0 Å². The van der Waals surface area contributed by atoms with Crippen LogP contribution in [0.15, 0.2) is 24.3 Å². The lowest BCUT2D eigenvalue weighted by Crippen LogP contribution is -2.14. The summed E-state index contributed by atoms with van der Waals surface area (Å²) in [5, 5.41) is 3.44. The number of benzene rings is 1. The van der Waals surface area contributed by atoms with E-state index >= 15 is 0 Å². The Kier molecular flexibility index (Phi) is 10.2. The van der Waals surface area contributed by atoms with E-state index in [1.54, 1.807) is 0 Å². The Morgan fingerprint density at radius 2 is 1.86 bits per heavy atom. The summed E-state index contributed by atoms with van der Waals surface area (Å²) in [6.45, 7) is 9.40. The molecule has 120 valence electrons. The second-order valence-electron chi connectivity index (χ2n) is 5.97. The maximum absolute atomic E-state index is 5.97. The van der Waals surface area contributed by atoms with Crippen LogP contribution in [0, 0.1) is 0 Å². The summed E-state index contributed by atoms with van der Waals surface area (Å²) in [4.78, 5) is 0. The molecule has 0 amide bonds. The first-order chi connectivity index (χ1) is 10.3. The van der Waals surface area contributed by atoms with Crippen molar-refractivity contribution in [3.8, 4) is 0 Å². The molecule has 1 aromatic rings. The van der Waals surface area contributed by atoms with Crippen molar-refractivity contribution < 1.29 is 4.74 Å². The smallest absolute Gasteiger partial charge is 0.0720 e. The molecule has 1 atom stereocenters. The molecule has 21 heavy (non-hydrogen) atoms. The van der Waals surface area contributed by atoms with Crippen molar-refractivity contribution in [1.82, 2.24) is 5.32 Å². The van der Waals surface area contributed by atoms with Gasteiger partial charge < -0.3 is 10.1 Å². The third-order valence-electron chi connectivity index (χ3n) is 3.75. The van der Waals surface area contributed by atoms with Gasteiger partial charge in [-0.2, -0.15) is 0 Å². The van der Waals surface area contributed by atoms with Crippen LogP contribution in [0.25, 0.3) is 0 Å². The highest BCUT2D eigenvalue weighted by molar-refractivity contribution is 5.22. The first-order valence-electron chi connectivity index (χ1n) is 8.66. The highest BCUT2D eigenvalue weighted by Gasteiger charge is 2.03. The SMILES string of the molecule is CCCCCCC(C)OCc1cccc(CNCCC)c1. The molecule has 0 heterocycles. The van der Waals surface area contributed by atoms with Gasteiger partial charge in [0.05, 0.1) is 12.7 Å². The fourth-order valence-corrected chi connectivity index (χ4v) is 2.42. The quantitative estimate of drug-likeness (QED) is 0.543. The van der Waals surface area contributed by atoms with E-state index in [-0.39, 0.29) is 0 Å². The highest BCUT2D eigenvalue weighted by Crippen LogP contribution is 2.12. The van der Waals surface area contributed by atoms with Gasteiger partial charge in [0.25, 0.3) is 0 Å². The molecule has 0 aliphatic carbocycles. The van der Waals surface area contributed by atoms with E-state index in [9.17, 15) is 0 Å². The maximum atomic E-state index is 5.97. The molecule has 2 nitrogen and oxygen atoms in total. The molecule has 0 spiro atoms. The molecular weight excluding hydrogens is 258 g/mol. The monoisotopic (exact) mass is 291 g/mol. The lowest BCUT2D eigenvalue weighted by molar-refractivity contribution is 0.0458. The topological polar surface area (TPSA) is 21.3 Å². The minimum atomic E-state index is 0.365. The van der Waals surface area contributed by atoms with Crippen LogP contribution in [-0.2, 0) is 17.9 Å². The van der Waals surface area contributed by atoms with E-state index in [0.29, 0.717) is 6.10 Å². The molecule has 1 N–H and O–H groups in total. The van der Waals surface area contributed by atoms with Crippen LogP contribution in [0.4, 0.5) is 0 Å². The maximum Gasteiger partial charge on any atom is 0.0720 e. The Morgan fingerprint density at radius 3 is 2.62 bits per heavy atom. The Bertz CT molecular complexity index is 364. The predicted octanol–water partition coefficient (Wildman–Crippen LogP) is 5.06. The highest BCUT2D eigenvalue weighted by atomic mass is 16.5. The van der Waals surface area contributed by atoms with Gasteiger partial charge in [0.15, 0.2) is 0 Å². The van der Waals surface area contributed by atoms with Gasteiger partial charge in [-0.25, -0.2) is 0 Å². The summed E-state index contributed by atoms with van der Waals surface area (Å²) in [6.07, 6.45) is 7.99. The molecule has 2 heteroatoms. The largest absolute Gasteiger partial charge is 0.374 e. The molecule has 1 unspecified atom stereocenters. The van der Waals surface area contributed by atoms with E-state index in [1.807, 2.05) is 0 Å². The van der Waals surface area contributed by atoms with Crippen molar-refractivity contribution in [2.24, 2.45) is 0 Å². The summed E-state index contributed by atoms with van der Waals surface area (Å²) >= 11 is 0. The van der Waals surface area contributed by atoms with E-state index in [1.165, 1.54) is 49.7 Å². The minimum Gasteiger partial charge on any atom is -0.374 e. The van der Waals surface area contributed by atoms with Crippen LogP contribution in [0.1, 0.15) is 70.4 Å². The van der Waals surface area contributed by atoms with Crippen molar-refractivity contribution in [3.63, 3.8) is 0 Å². The van der Waals surface area contributed by atoms with Crippen molar-refractivity contribution in [3.05, 3.63) is 35.4 Å². The van der Waals surface area contributed by atoms with Crippen LogP contribution < -0.4 is 5.32 Å². The Balaban J connectivity index is 2.25. The molecule has 0 aromatic heterocycles. The van der Waals surface area contributed by atoms with Crippen molar-refractivity contribution in [2.45, 2.75) is 78.6 Å². The summed E-state index contributed by atoms with van der Waals surface area (Å²) in [7, 11) is 0. The lowest BCUT2D eigenvalue weighted by Gasteiger charge is -2.13. The van der Waals surface area contributed by atoms with Crippen molar-refractivity contribution >= 4 is 0 Å². The molecule has 0 fully saturated rings. The summed E-state index contributed by atoms with van der Waals surface area (Å²) in [6, 6.07) is 8.73. The van der Waals surface area contributed by atoms with Gasteiger partial charge in [-0.3, -0.25) is 0 Å². The van der Waals surface area contributed by atoms with E-state index in [4.69, 9.17) is 4.74 Å². The number of hydrogen-bond donors (Lipinski definition) is 1. The van der Waals surface area contributed by atoms with Gasteiger partial charge in [0.2, 0.25) is 0 Å². The summed E-state index contributed by atoms with van der Waals surface area (Å²) in [5.41, 5.74) is 2.63. The zero-order valence-electron chi connectivity index (χ0n) is 14.2. The predicted molar refractivity (Wildman–Crippen MR) is 91.4 cm³/mol. The number of nitrogens with one attached hydrogen (secondary N) is 1. The standard InChI is InChI=1S/C19H33NO/c1-4-6-7-8-10-17(3)21-16-19-12-9-11-18(14-19)15-20-13-5-2/h9,11-12,14,17,20H,4-8,10,13,15-16H2,1-3H3. The molecule has 0 aliphatic heterocycles. The number of rotatable bonds is 12. The second-order valence-corrected chi connectivity index (χ2v) is 5.97. The minimum absolute atomic E-state index is 0.365. The molecule has 0 bridgehead atoms. The Hall–Kier alpha value is -0.860. The first-order valence-corrected chi connectivity index (χ1v) is 8.66. The average molecular weight is 291 g/mol. The Labute approximate surface area is 131 Å². The lowest BCUT2D eigenvalue weighted by atomic mass is 10.1. The van der Waals surface area contributed by atoms with Crippen molar-refractivity contribution in [2.75, 3.05) is 6.54 Å². The van der Waals surface area contributed by atoms with E-state index in [0.717, 1.165) is 19.7 Å². The van der Waals surface area contributed by atoms with Gasteiger partial charge in [0.1, 0.15) is 0 Å². The number of ether oxygens (including phenoxy) is 1. The first kappa shape index (κ1) is 18.2. The zero-order valence-corrected chi connectivity index (χ0v) is 14.2. The number of hydrogen-bond acceptors (Lipinski definition) is 2. The van der Waals surface area contributed by atoms with Crippen LogP contribution in [0.2, 0.25) is 0 Å². The van der Waals surface area contributed by atoms with E-state index < -0.39 is 0 Å². The third-order valence-corrected chi connectivity index (χ3v) is 3.75. The van der Waals surface area contributed by atoms with Gasteiger partial charge >= 0.3 is 0 Å². The molecule has 1 aromatic carbocycles. The molecule has 1 rings (SSSR count). The Morgan fingerprint density at radius 1 is 1.05 bits per heavy atom. The van der Waals surface area contributed by atoms with Crippen LogP contribution in [0.5, 0.6) is 0 Å². The molecule has 0 saturated heterocycles. The van der Waals surface area contributed by atoms with Gasteiger partial charge in [-0.15, -0.1) is 0 Å². The molecular formula is C19H33NO. The summed E-state index contributed by atoms with van der Waals surface area (Å²) < 4.78 is 5.97. The summed E-state index contributed by atoms with van der Waals surface area (Å²) in [5.74, 6) is 0. The van der Waals surface area contributed by atoms with E-state index in [2.05, 4.69) is 50.4 Å². The van der Waals surface area contributed by atoms with Gasteiger partial charge in [0, 0.05) is 6.54 Å². The van der Waals surface area contributed by atoms with Crippen LogP contribution in [0.3, 0.4) is 0 Å². The van der Waals surface area contributed by atoms with Crippen LogP contribution in [-0.4, -0.2) is 12.6 Å².